The molecule has 0 aliphatic heterocycles. The van der Waals surface area contributed by atoms with Crippen LogP contribution in [0.25, 0.3) is 10.9 Å². The van der Waals surface area contributed by atoms with E-state index in [1.165, 1.54) is 12.1 Å². The number of hydrogen-bond acceptors (Lipinski definition) is 3. The second-order valence-electron chi connectivity index (χ2n) is 8.70. The minimum atomic E-state index is -4.39. The first-order chi connectivity index (χ1) is 18.2. The van der Waals surface area contributed by atoms with Gasteiger partial charge < -0.3 is 5.32 Å². The van der Waals surface area contributed by atoms with Crippen LogP contribution in [0.4, 0.5) is 19.0 Å². The molecular formula is C29H19Cl3F3N3. The number of benzene rings is 4. The Morgan fingerprint density at radius 2 is 1.24 bits per heavy atom. The third-order valence-corrected chi connectivity index (χ3v) is 6.85. The summed E-state index contributed by atoms with van der Waals surface area (Å²) in [6.45, 7) is 0.253. The van der Waals surface area contributed by atoms with Gasteiger partial charge in [0.2, 0.25) is 5.28 Å². The minimum absolute atomic E-state index is 0.0621. The van der Waals surface area contributed by atoms with Crippen LogP contribution in [-0.2, 0) is 12.7 Å². The van der Waals surface area contributed by atoms with E-state index in [1.54, 1.807) is 0 Å². The Hall–Kier alpha value is -3.32. The van der Waals surface area contributed by atoms with Crippen molar-refractivity contribution in [3.8, 4) is 0 Å². The predicted octanol–water partition coefficient (Wildman–Crippen LogP) is 9.40. The molecule has 3 nitrogen and oxygen atoms in total. The highest BCUT2D eigenvalue weighted by Gasteiger charge is 2.29. The van der Waals surface area contributed by atoms with Crippen molar-refractivity contribution in [3.63, 3.8) is 0 Å². The lowest BCUT2D eigenvalue weighted by Crippen LogP contribution is -2.07. The van der Waals surface area contributed by atoms with Crippen LogP contribution in [0.3, 0.4) is 0 Å². The highest BCUT2D eigenvalue weighted by atomic mass is 35.5. The molecule has 0 aliphatic carbocycles. The van der Waals surface area contributed by atoms with Crippen LogP contribution in [0.2, 0.25) is 15.3 Å². The molecule has 0 atom stereocenters. The highest BCUT2D eigenvalue weighted by Crippen LogP contribution is 2.36. The van der Waals surface area contributed by atoms with Gasteiger partial charge in [0.25, 0.3) is 0 Å². The lowest BCUT2D eigenvalue weighted by atomic mass is 9.85. The van der Waals surface area contributed by atoms with Gasteiger partial charge in [0.1, 0.15) is 5.82 Å². The number of rotatable bonds is 6. The summed E-state index contributed by atoms with van der Waals surface area (Å²) < 4.78 is 38.8. The summed E-state index contributed by atoms with van der Waals surface area (Å²) >= 11 is 18.5. The average Bonchev–Trinajstić information content (AvgIpc) is 2.89. The Kier molecular flexibility index (Phi) is 7.48. The summed E-state index contributed by atoms with van der Waals surface area (Å²) in [6, 6.07) is 26.2. The number of alkyl halides is 3. The van der Waals surface area contributed by atoms with Gasteiger partial charge >= 0.3 is 6.18 Å². The Morgan fingerprint density at radius 1 is 0.684 bits per heavy atom. The molecule has 0 radical (unpaired) electrons. The number of halogens is 6. The molecule has 1 N–H and O–H groups in total. The van der Waals surface area contributed by atoms with Crippen molar-refractivity contribution in [3.05, 3.63) is 134 Å². The molecule has 0 unspecified atom stereocenters. The molecule has 0 saturated carbocycles. The molecule has 1 aromatic heterocycles. The number of aromatic nitrogens is 2. The largest absolute Gasteiger partial charge is 0.416 e. The van der Waals surface area contributed by atoms with Crippen LogP contribution in [0, 0.1) is 0 Å². The molecule has 5 rings (SSSR count). The molecule has 1 heterocycles. The zero-order chi connectivity index (χ0) is 26.9. The molecule has 5 aromatic rings. The lowest BCUT2D eigenvalue weighted by molar-refractivity contribution is -0.137. The van der Waals surface area contributed by atoms with Gasteiger partial charge in [-0.1, -0.05) is 65.7 Å². The zero-order valence-electron chi connectivity index (χ0n) is 19.6. The quantitative estimate of drug-likeness (QED) is 0.163. The summed E-state index contributed by atoms with van der Waals surface area (Å²) in [5.41, 5.74) is 3.64. The van der Waals surface area contributed by atoms with E-state index in [4.69, 9.17) is 34.8 Å². The van der Waals surface area contributed by atoms with Crippen molar-refractivity contribution >= 4 is 51.5 Å². The van der Waals surface area contributed by atoms with E-state index in [0.29, 0.717) is 26.9 Å². The monoisotopic (exact) mass is 571 g/mol. The van der Waals surface area contributed by atoms with E-state index in [1.807, 2.05) is 66.7 Å². The first-order valence-electron chi connectivity index (χ1n) is 11.6. The Morgan fingerprint density at radius 3 is 1.79 bits per heavy atom. The molecule has 0 spiro atoms. The Labute approximate surface area is 232 Å². The lowest BCUT2D eigenvalue weighted by Gasteiger charge is -2.20. The number of anilines is 1. The third kappa shape index (κ3) is 5.88. The zero-order valence-corrected chi connectivity index (χ0v) is 21.9. The van der Waals surface area contributed by atoms with Gasteiger partial charge in [0.05, 0.1) is 11.1 Å². The van der Waals surface area contributed by atoms with E-state index in [-0.39, 0.29) is 17.7 Å². The van der Waals surface area contributed by atoms with Gasteiger partial charge in [-0.3, -0.25) is 0 Å². The summed E-state index contributed by atoms with van der Waals surface area (Å²) in [7, 11) is 0. The fraction of sp³-hybridized carbons (Fsp3) is 0.103. The fourth-order valence-electron chi connectivity index (χ4n) is 4.32. The first kappa shape index (κ1) is 26.3. The topological polar surface area (TPSA) is 37.8 Å². The summed E-state index contributed by atoms with van der Waals surface area (Å²) in [6.07, 6.45) is -4.39. The van der Waals surface area contributed by atoms with Crippen molar-refractivity contribution in [2.45, 2.75) is 18.6 Å². The standard InChI is InChI=1S/C29H19Cl3F3N3/c30-22-10-3-18(4-11-22)26(19-5-12-23(31)13-6-19)20-7-14-25-24(15-20)27(38-28(32)37-25)36-16-17-1-8-21(9-2-17)29(33,34)35/h1-15,26H,16H2,(H,36,37,38). The van der Waals surface area contributed by atoms with Gasteiger partial charge in [-0.05, 0) is 82.4 Å². The highest BCUT2D eigenvalue weighted by molar-refractivity contribution is 6.31. The van der Waals surface area contributed by atoms with Crippen LogP contribution < -0.4 is 5.32 Å². The molecule has 0 fully saturated rings. The Balaban J connectivity index is 1.53. The predicted molar refractivity (Wildman–Crippen MR) is 147 cm³/mol. The van der Waals surface area contributed by atoms with Crippen molar-refractivity contribution < 1.29 is 13.2 Å². The molecule has 0 saturated heterocycles. The number of nitrogens with one attached hydrogen (secondary N) is 1. The van der Waals surface area contributed by atoms with Crippen LogP contribution in [-0.4, -0.2) is 9.97 Å². The van der Waals surface area contributed by atoms with Gasteiger partial charge in [0.15, 0.2) is 0 Å². The maximum absolute atomic E-state index is 12.9. The maximum atomic E-state index is 12.9. The van der Waals surface area contributed by atoms with E-state index in [2.05, 4.69) is 15.3 Å². The molecular weight excluding hydrogens is 554 g/mol. The van der Waals surface area contributed by atoms with Crippen molar-refractivity contribution in [2.24, 2.45) is 0 Å². The molecule has 192 valence electrons. The fourth-order valence-corrected chi connectivity index (χ4v) is 4.74. The first-order valence-corrected chi connectivity index (χ1v) is 12.7. The summed E-state index contributed by atoms with van der Waals surface area (Å²) in [4.78, 5) is 8.72. The molecule has 4 aromatic carbocycles. The van der Waals surface area contributed by atoms with Gasteiger partial charge in [0, 0.05) is 27.9 Å². The van der Waals surface area contributed by atoms with Gasteiger partial charge in [-0.2, -0.15) is 13.2 Å². The van der Waals surface area contributed by atoms with E-state index in [0.717, 1.165) is 34.2 Å². The van der Waals surface area contributed by atoms with Crippen LogP contribution >= 0.6 is 34.8 Å². The molecule has 0 aliphatic rings. The van der Waals surface area contributed by atoms with Crippen molar-refractivity contribution in [1.82, 2.24) is 9.97 Å². The smallest absolute Gasteiger partial charge is 0.365 e. The third-order valence-electron chi connectivity index (χ3n) is 6.17. The number of nitrogens with zero attached hydrogens (tertiary/aromatic N) is 2. The van der Waals surface area contributed by atoms with Crippen LogP contribution in [0.5, 0.6) is 0 Å². The summed E-state index contributed by atoms with van der Waals surface area (Å²) in [5, 5.41) is 5.28. The van der Waals surface area contributed by atoms with Crippen LogP contribution in [0.1, 0.15) is 33.7 Å². The van der Waals surface area contributed by atoms with Crippen molar-refractivity contribution in [1.29, 1.82) is 0 Å². The van der Waals surface area contributed by atoms with Gasteiger partial charge in [-0.15, -0.1) is 0 Å². The second-order valence-corrected chi connectivity index (χ2v) is 9.91. The van der Waals surface area contributed by atoms with E-state index in [9.17, 15) is 13.2 Å². The van der Waals surface area contributed by atoms with Crippen molar-refractivity contribution in [2.75, 3.05) is 5.32 Å². The second kappa shape index (κ2) is 10.8. The van der Waals surface area contributed by atoms with Gasteiger partial charge in [-0.25, -0.2) is 9.97 Å². The molecule has 0 bridgehead atoms. The number of fused-ring (bicyclic) bond motifs is 1. The minimum Gasteiger partial charge on any atom is -0.365 e. The summed E-state index contributed by atoms with van der Waals surface area (Å²) in [5.74, 6) is 0.347. The van der Waals surface area contributed by atoms with E-state index >= 15 is 0 Å². The molecule has 0 amide bonds. The number of hydrogen-bond donors (Lipinski definition) is 1. The SMILES string of the molecule is FC(F)(F)c1ccc(CNc2nc(Cl)nc3ccc(C(c4ccc(Cl)cc4)c4ccc(Cl)cc4)cc23)cc1. The van der Waals surface area contributed by atoms with E-state index < -0.39 is 11.7 Å². The van der Waals surface area contributed by atoms with Crippen LogP contribution in [0.15, 0.2) is 91.0 Å². The molecule has 38 heavy (non-hydrogen) atoms. The molecule has 9 heteroatoms. The maximum Gasteiger partial charge on any atom is 0.416 e. The normalized spacial score (nSPS) is 11.8. The average molecular weight is 573 g/mol. The Bertz CT molecular complexity index is 1530.